The molecule has 2 aromatic rings. The van der Waals surface area contributed by atoms with E-state index in [9.17, 15) is 0 Å². The van der Waals surface area contributed by atoms with Gasteiger partial charge < -0.3 is 10.1 Å². The van der Waals surface area contributed by atoms with Crippen LogP contribution in [-0.4, -0.2) is 24.2 Å². The van der Waals surface area contributed by atoms with Gasteiger partial charge in [0.15, 0.2) is 0 Å². The number of hydrogen-bond acceptors (Lipinski definition) is 3. The molecule has 1 saturated heterocycles. The first-order chi connectivity index (χ1) is 9.90. The van der Waals surface area contributed by atoms with E-state index in [0.717, 1.165) is 26.0 Å². The summed E-state index contributed by atoms with van der Waals surface area (Å²) in [6.45, 7) is 4.11. The van der Waals surface area contributed by atoms with Gasteiger partial charge in [0.1, 0.15) is 0 Å². The van der Waals surface area contributed by atoms with Crippen LogP contribution in [0.4, 0.5) is 0 Å². The number of ether oxygens (including phenoxy) is 1. The third-order valence-corrected chi connectivity index (χ3v) is 4.00. The van der Waals surface area contributed by atoms with Gasteiger partial charge in [0.05, 0.1) is 12.1 Å². The van der Waals surface area contributed by atoms with E-state index >= 15 is 0 Å². The molecular weight excluding hydrogens is 248 g/mol. The molecule has 106 valence electrons. The molecule has 3 rings (SSSR count). The number of benzene rings is 1. The molecule has 1 aromatic heterocycles. The maximum atomic E-state index is 5.94. The summed E-state index contributed by atoms with van der Waals surface area (Å²) in [5, 5.41) is 6.16. The van der Waals surface area contributed by atoms with Crippen LogP contribution in [0.25, 0.3) is 10.8 Å². The molecule has 1 aliphatic heterocycles. The first kappa shape index (κ1) is 13.5. The molecule has 1 N–H and O–H groups in total. The number of fused-ring (bicyclic) bond motifs is 1. The van der Waals surface area contributed by atoms with Crippen LogP contribution in [0, 0.1) is 0 Å². The Morgan fingerprint density at radius 2 is 2.35 bits per heavy atom. The van der Waals surface area contributed by atoms with Crippen LogP contribution in [0.3, 0.4) is 0 Å². The van der Waals surface area contributed by atoms with Gasteiger partial charge in [-0.15, -0.1) is 0 Å². The molecule has 0 amide bonds. The van der Waals surface area contributed by atoms with Crippen LogP contribution in [0.2, 0.25) is 0 Å². The van der Waals surface area contributed by atoms with Crippen molar-refractivity contribution < 1.29 is 4.74 Å². The van der Waals surface area contributed by atoms with Crippen molar-refractivity contribution >= 4 is 10.8 Å². The molecule has 3 nitrogen and oxygen atoms in total. The number of hydrogen-bond donors (Lipinski definition) is 1. The van der Waals surface area contributed by atoms with Crippen molar-refractivity contribution in [3.63, 3.8) is 0 Å². The summed E-state index contributed by atoms with van der Waals surface area (Å²) >= 11 is 0. The van der Waals surface area contributed by atoms with E-state index in [1.54, 1.807) is 0 Å². The Labute approximate surface area is 120 Å². The van der Waals surface area contributed by atoms with Crippen molar-refractivity contribution in [1.29, 1.82) is 0 Å². The summed E-state index contributed by atoms with van der Waals surface area (Å²) in [4.78, 5) is 4.22. The largest absolute Gasteiger partial charge is 0.376 e. The summed E-state index contributed by atoms with van der Waals surface area (Å²) in [5.74, 6) is 0. The summed E-state index contributed by atoms with van der Waals surface area (Å²) < 4.78 is 5.94. The van der Waals surface area contributed by atoms with Gasteiger partial charge in [-0.05, 0) is 42.8 Å². The maximum Gasteiger partial charge on any atom is 0.0770 e. The Balaban J connectivity index is 1.99. The van der Waals surface area contributed by atoms with Crippen molar-refractivity contribution in [2.75, 3.05) is 13.2 Å². The zero-order valence-corrected chi connectivity index (χ0v) is 12.0. The lowest BCUT2D eigenvalue weighted by atomic mass is 9.94. The second-order valence-corrected chi connectivity index (χ2v) is 5.43. The van der Waals surface area contributed by atoms with Gasteiger partial charge in [0, 0.05) is 24.4 Å². The average molecular weight is 270 g/mol. The van der Waals surface area contributed by atoms with Gasteiger partial charge in [-0.1, -0.05) is 25.1 Å². The van der Waals surface area contributed by atoms with Crippen molar-refractivity contribution in [1.82, 2.24) is 10.3 Å². The highest BCUT2D eigenvalue weighted by Crippen LogP contribution is 2.31. The smallest absolute Gasteiger partial charge is 0.0770 e. The van der Waals surface area contributed by atoms with Gasteiger partial charge in [-0.25, -0.2) is 0 Å². The van der Waals surface area contributed by atoms with E-state index in [2.05, 4.69) is 41.5 Å². The Morgan fingerprint density at radius 3 is 3.15 bits per heavy atom. The topological polar surface area (TPSA) is 34.2 Å². The quantitative estimate of drug-likeness (QED) is 0.903. The zero-order valence-electron chi connectivity index (χ0n) is 12.0. The Bertz CT molecular complexity index is 558. The van der Waals surface area contributed by atoms with E-state index in [4.69, 9.17) is 4.74 Å². The van der Waals surface area contributed by atoms with E-state index in [1.807, 2.05) is 12.4 Å². The molecule has 3 heteroatoms. The Morgan fingerprint density at radius 1 is 1.40 bits per heavy atom. The molecule has 0 spiro atoms. The van der Waals surface area contributed by atoms with E-state index in [0.29, 0.717) is 6.10 Å². The zero-order chi connectivity index (χ0) is 13.8. The molecule has 2 heterocycles. The third-order valence-electron chi connectivity index (χ3n) is 4.00. The number of pyridine rings is 1. The van der Waals surface area contributed by atoms with Gasteiger partial charge >= 0.3 is 0 Å². The Hall–Kier alpha value is -1.45. The SMILES string of the molecule is CCCNC(c1cccc2cnccc12)C1CCCO1. The van der Waals surface area contributed by atoms with Crippen molar-refractivity contribution in [2.45, 2.75) is 38.3 Å². The van der Waals surface area contributed by atoms with Gasteiger partial charge in [0.25, 0.3) is 0 Å². The third kappa shape index (κ3) is 2.69. The number of rotatable bonds is 5. The minimum Gasteiger partial charge on any atom is -0.376 e. The van der Waals surface area contributed by atoms with E-state index in [-0.39, 0.29) is 6.04 Å². The standard InChI is InChI=1S/C17H22N2O/c1-2-9-19-17(16-7-4-11-20-16)15-6-3-5-13-12-18-10-8-14(13)15/h3,5-6,8,10,12,16-17,19H,2,4,7,9,11H2,1H3. The van der Waals surface area contributed by atoms with Crippen LogP contribution in [0.1, 0.15) is 37.8 Å². The first-order valence-electron chi connectivity index (χ1n) is 7.58. The van der Waals surface area contributed by atoms with Crippen LogP contribution in [0.5, 0.6) is 0 Å². The molecule has 2 atom stereocenters. The lowest BCUT2D eigenvalue weighted by molar-refractivity contribution is 0.0787. The number of nitrogens with zero attached hydrogens (tertiary/aromatic N) is 1. The van der Waals surface area contributed by atoms with Gasteiger partial charge in [-0.3, -0.25) is 4.98 Å². The fraction of sp³-hybridized carbons (Fsp3) is 0.471. The molecule has 0 saturated carbocycles. The monoisotopic (exact) mass is 270 g/mol. The lowest BCUT2D eigenvalue weighted by Crippen LogP contribution is -2.32. The molecule has 2 unspecified atom stereocenters. The molecule has 20 heavy (non-hydrogen) atoms. The Kier molecular flexibility index (Phi) is 4.28. The predicted octanol–water partition coefficient (Wildman–Crippen LogP) is 3.45. The highest BCUT2D eigenvalue weighted by atomic mass is 16.5. The molecule has 1 fully saturated rings. The molecule has 0 bridgehead atoms. The second kappa shape index (κ2) is 6.33. The minimum atomic E-state index is 0.281. The molecule has 0 aliphatic carbocycles. The van der Waals surface area contributed by atoms with Gasteiger partial charge in [-0.2, -0.15) is 0 Å². The summed E-state index contributed by atoms with van der Waals surface area (Å²) in [5.41, 5.74) is 1.34. The molecule has 0 radical (unpaired) electrons. The fourth-order valence-corrected chi connectivity index (χ4v) is 3.03. The van der Waals surface area contributed by atoms with Gasteiger partial charge in [0.2, 0.25) is 0 Å². The van der Waals surface area contributed by atoms with Crippen LogP contribution < -0.4 is 5.32 Å². The van der Waals surface area contributed by atoms with Crippen molar-refractivity contribution in [3.8, 4) is 0 Å². The van der Waals surface area contributed by atoms with Crippen molar-refractivity contribution in [2.24, 2.45) is 0 Å². The number of nitrogens with one attached hydrogen (secondary N) is 1. The maximum absolute atomic E-state index is 5.94. The number of aromatic nitrogens is 1. The first-order valence-corrected chi connectivity index (χ1v) is 7.58. The van der Waals surface area contributed by atoms with E-state index in [1.165, 1.54) is 22.8 Å². The van der Waals surface area contributed by atoms with Crippen LogP contribution >= 0.6 is 0 Å². The average Bonchev–Trinajstić information content (AvgIpc) is 3.02. The lowest BCUT2D eigenvalue weighted by Gasteiger charge is -2.26. The van der Waals surface area contributed by atoms with Crippen LogP contribution in [0.15, 0.2) is 36.7 Å². The summed E-state index contributed by atoms with van der Waals surface area (Å²) in [6, 6.07) is 8.86. The summed E-state index contributed by atoms with van der Waals surface area (Å²) in [6.07, 6.45) is 7.55. The highest BCUT2D eigenvalue weighted by Gasteiger charge is 2.27. The normalized spacial score (nSPS) is 20.4. The van der Waals surface area contributed by atoms with Crippen LogP contribution in [-0.2, 0) is 4.74 Å². The molecule has 1 aromatic carbocycles. The van der Waals surface area contributed by atoms with E-state index < -0.39 is 0 Å². The second-order valence-electron chi connectivity index (χ2n) is 5.43. The predicted molar refractivity (Wildman–Crippen MR) is 81.8 cm³/mol. The molecular formula is C17H22N2O. The fourth-order valence-electron chi connectivity index (χ4n) is 3.03. The molecule has 1 aliphatic rings. The minimum absolute atomic E-state index is 0.281. The highest BCUT2D eigenvalue weighted by molar-refractivity contribution is 5.85. The summed E-state index contributed by atoms with van der Waals surface area (Å²) in [7, 11) is 0. The van der Waals surface area contributed by atoms with Crippen molar-refractivity contribution in [3.05, 3.63) is 42.2 Å².